The number of fused-ring (bicyclic) bond motifs is 3. The summed E-state index contributed by atoms with van der Waals surface area (Å²) >= 11 is 0. The van der Waals surface area contributed by atoms with Gasteiger partial charge in [-0.1, -0.05) is 30.5 Å². The van der Waals surface area contributed by atoms with E-state index in [4.69, 9.17) is 0 Å². The lowest BCUT2D eigenvalue weighted by Crippen LogP contribution is -2.32. The van der Waals surface area contributed by atoms with Crippen molar-refractivity contribution in [3.05, 3.63) is 64.2 Å². The number of nitrogens with zero attached hydrogens (tertiary/aromatic N) is 1. The SMILES string of the molecule is Cc1cc(C)c(C)c(-c2ccc3c4c(ccc3[n+]2C)CC2(CCCC2)C4)c1. The smallest absolute Gasteiger partial charge is 0.194 e. The van der Waals surface area contributed by atoms with Crippen LogP contribution in [0, 0.1) is 26.2 Å². The molecular weight excluding hydrogens is 326 g/mol. The molecule has 1 heteroatoms. The monoisotopic (exact) mass is 356 g/mol. The summed E-state index contributed by atoms with van der Waals surface area (Å²) in [5.74, 6) is 0. The zero-order chi connectivity index (χ0) is 18.8. The Balaban J connectivity index is 1.68. The van der Waals surface area contributed by atoms with Crippen molar-refractivity contribution in [2.24, 2.45) is 12.5 Å². The van der Waals surface area contributed by atoms with Crippen molar-refractivity contribution in [2.75, 3.05) is 0 Å². The predicted molar refractivity (Wildman–Crippen MR) is 113 cm³/mol. The van der Waals surface area contributed by atoms with Crippen LogP contribution < -0.4 is 4.57 Å². The highest BCUT2D eigenvalue weighted by Crippen LogP contribution is 2.50. The fraction of sp³-hybridized carbons (Fsp3) is 0.423. The normalized spacial score (nSPS) is 17.8. The molecule has 3 aromatic rings. The van der Waals surface area contributed by atoms with Gasteiger partial charge in [-0.15, -0.1) is 0 Å². The van der Waals surface area contributed by atoms with E-state index in [1.165, 1.54) is 77.4 Å². The highest BCUT2D eigenvalue weighted by molar-refractivity contribution is 5.83. The summed E-state index contributed by atoms with van der Waals surface area (Å²) < 4.78 is 2.41. The van der Waals surface area contributed by atoms with E-state index in [2.05, 4.69) is 68.8 Å². The summed E-state index contributed by atoms with van der Waals surface area (Å²) in [6.07, 6.45) is 8.30. The van der Waals surface area contributed by atoms with Crippen molar-refractivity contribution in [1.29, 1.82) is 0 Å². The van der Waals surface area contributed by atoms with Crippen molar-refractivity contribution in [3.8, 4) is 11.3 Å². The van der Waals surface area contributed by atoms with E-state index in [0.29, 0.717) is 5.41 Å². The Morgan fingerprint density at radius 2 is 1.67 bits per heavy atom. The van der Waals surface area contributed by atoms with Gasteiger partial charge in [-0.25, -0.2) is 0 Å². The minimum atomic E-state index is 0.581. The van der Waals surface area contributed by atoms with E-state index in [1.807, 2.05) is 0 Å². The molecule has 0 unspecified atom stereocenters. The highest BCUT2D eigenvalue weighted by Gasteiger charge is 2.40. The molecule has 0 saturated heterocycles. The minimum absolute atomic E-state index is 0.581. The lowest BCUT2D eigenvalue weighted by molar-refractivity contribution is -0.633. The first-order valence-corrected chi connectivity index (χ1v) is 10.5. The summed E-state index contributed by atoms with van der Waals surface area (Å²) in [4.78, 5) is 0. The Morgan fingerprint density at radius 1 is 0.889 bits per heavy atom. The molecule has 0 bridgehead atoms. The highest BCUT2D eigenvalue weighted by atomic mass is 14.9. The lowest BCUT2D eigenvalue weighted by atomic mass is 9.83. The topological polar surface area (TPSA) is 3.88 Å². The molecule has 1 aromatic heterocycles. The van der Waals surface area contributed by atoms with Gasteiger partial charge in [0.2, 0.25) is 11.2 Å². The van der Waals surface area contributed by atoms with Crippen LogP contribution in [0.2, 0.25) is 0 Å². The number of rotatable bonds is 1. The Morgan fingerprint density at radius 3 is 2.44 bits per heavy atom. The number of aryl methyl sites for hydroxylation is 3. The minimum Gasteiger partial charge on any atom is -0.194 e. The van der Waals surface area contributed by atoms with E-state index < -0.39 is 0 Å². The molecule has 0 aliphatic heterocycles. The van der Waals surface area contributed by atoms with E-state index >= 15 is 0 Å². The molecule has 5 rings (SSSR count). The van der Waals surface area contributed by atoms with E-state index in [1.54, 1.807) is 11.1 Å². The van der Waals surface area contributed by atoms with Crippen molar-refractivity contribution in [3.63, 3.8) is 0 Å². The third kappa shape index (κ3) is 2.55. The Bertz CT molecular complexity index is 1070. The maximum absolute atomic E-state index is 2.42. The summed E-state index contributed by atoms with van der Waals surface area (Å²) in [5.41, 5.74) is 12.0. The van der Waals surface area contributed by atoms with Crippen LogP contribution in [0.5, 0.6) is 0 Å². The number of hydrogen-bond donors (Lipinski definition) is 0. The van der Waals surface area contributed by atoms with Gasteiger partial charge in [0, 0.05) is 23.1 Å². The second kappa shape index (κ2) is 5.92. The first-order chi connectivity index (χ1) is 13.0. The van der Waals surface area contributed by atoms with Gasteiger partial charge in [0.1, 0.15) is 7.05 Å². The van der Waals surface area contributed by atoms with Crippen molar-refractivity contribution in [2.45, 2.75) is 59.3 Å². The van der Waals surface area contributed by atoms with Crippen molar-refractivity contribution >= 4 is 10.9 Å². The van der Waals surface area contributed by atoms with Crippen LogP contribution in [0.4, 0.5) is 0 Å². The standard InChI is InChI=1S/C26H30N/c1-17-13-18(2)19(3)22(14-17)25-10-8-21-23-16-26(11-5-6-12-26)15-20(23)7-9-24(21)27(25)4/h7-10,13-14H,5-6,11-12,15-16H2,1-4H3/q+1. The van der Waals surface area contributed by atoms with E-state index in [0.717, 1.165) is 0 Å². The Kier molecular flexibility index (Phi) is 3.73. The van der Waals surface area contributed by atoms with Crippen LogP contribution in [-0.2, 0) is 19.9 Å². The van der Waals surface area contributed by atoms with Crippen molar-refractivity contribution in [1.82, 2.24) is 0 Å². The number of benzene rings is 2. The van der Waals surface area contributed by atoms with E-state index in [-0.39, 0.29) is 0 Å². The third-order valence-electron chi connectivity index (χ3n) is 7.43. The van der Waals surface area contributed by atoms with E-state index in [9.17, 15) is 0 Å². The van der Waals surface area contributed by atoms with Gasteiger partial charge in [-0.2, -0.15) is 4.57 Å². The number of pyridine rings is 1. The van der Waals surface area contributed by atoms with Gasteiger partial charge < -0.3 is 0 Å². The Labute approximate surface area is 163 Å². The molecule has 1 spiro atoms. The molecule has 0 radical (unpaired) electrons. The number of hydrogen-bond acceptors (Lipinski definition) is 0. The van der Waals surface area contributed by atoms with Crippen molar-refractivity contribution < 1.29 is 4.57 Å². The first kappa shape index (κ1) is 17.0. The summed E-state index contributed by atoms with van der Waals surface area (Å²) in [6, 6.07) is 14.2. The molecule has 1 saturated carbocycles. The zero-order valence-electron chi connectivity index (χ0n) is 17.2. The molecule has 1 heterocycles. The quantitative estimate of drug-likeness (QED) is 0.477. The van der Waals surface area contributed by atoms with Gasteiger partial charge in [0.15, 0.2) is 0 Å². The molecule has 27 heavy (non-hydrogen) atoms. The van der Waals surface area contributed by atoms with Crippen LogP contribution in [0.15, 0.2) is 36.4 Å². The fourth-order valence-electron chi connectivity index (χ4n) is 5.85. The van der Waals surface area contributed by atoms with Crippen LogP contribution >= 0.6 is 0 Å². The summed E-state index contributed by atoms with van der Waals surface area (Å²) in [7, 11) is 2.24. The molecule has 1 fully saturated rings. The van der Waals surface area contributed by atoms with Gasteiger partial charge in [0.25, 0.3) is 0 Å². The summed E-state index contributed by atoms with van der Waals surface area (Å²) in [5, 5.41) is 1.48. The molecule has 1 nitrogen and oxygen atoms in total. The van der Waals surface area contributed by atoms with Crippen LogP contribution in [-0.4, -0.2) is 0 Å². The average Bonchev–Trinajstić information content (AvgIpc) is 3.25. The molecule has 2 aliphatic rings. The summed E-state index contributed by atoms with van der Waals surface area (Å²) in [6.45, 7) is 6.67. The zero-order valence-corrected chi connectivity index (χ0v) is 17.2. The van der Waals surface area contributed by atoms with Crippen LogP contribution in [0.25, 0.3) is 22.2 Å². The van der Waals surface area contributed by atoms with Gasteiger partial charge >= 0.3 is 0 Å². The molecule has 0 N–H and O–H groups in total. The molecule has 2 aliphatic carbocycles. The maximum atomic E-state index is 2.42. The second-order valence-electron chi connectivity index (χ2n) is 9.23. The molecule has 0 atom stereocenters. The second-order valence-corrected chi connectivity index (χ2v) is 9.23. The predicted octanol–water partition coefficient (Wildman–Crippen LogP) is 5.92. The van der Waals surface area contributed by atoms with Gasteiger partial charge in [0.05, 0.1) is 0 Å². The Hall–Kier alpha value is -2.15. The molecule has 138 valence electrons. The third-order valence-corrected chi connectivity index (χ3v) is 7.43. The van der Waals surface area contributed by atoms with Crippen LogP contribution in [0.3, 0.4) is 0 Å². The molecular formula is C26H30N+. The van der Waals surface area contributed by atoms with Gasteiger partial charge in [-0.3, -0.25) is 0 Å². The first-order valence-electron chi connectivity index (χ1n) is 10.5. The largest absolute Gasteiger partial charge is 0.213 e. The maximum Gasteiger partial charge on any atom is 0.213 e. The van der Waals surface area contributed by atoms with Crippen LogP contribution in [0.1, 0.15) is 53.5 Å². The molecule has 2 aromatic carbocycles. The lowest BCUT2D eigenvalue weighted by Gasteiger charge is -2.21. The van der Waals surface area contributed by atoms with Gasteiger partial charge in [-0.05, 0) is 86.3 Å². The fourth-order valence-corrected chi connectivity index (χ4v) is 5.85. The average molecular weight is 357 g/mol. The molecule has 0 amide bonds. The number of aromatic nitrogens is 1.